The first-order valence-electron chi connectivity index (χ1n) is 8.67. The molecule has 0 saturated carbocycles. The van der Waals surface area contributed by atoms with E-state index in [4.69, 9.17) is 9.47 Å². The molecule has 1 aromatic carbocycles. The van der Waals surface area contributed by atoms with Crippen molar-refractivity contribution in [3.8, 4) is 5.75 Å². The summed E-state index contributed by atoms with van der Waals surface area (Å²) in [4.78, 5) is 2.44. The van der Waals surface area contributed by atoms with Crippen LogP contribution < -0.4 is 4.74 Å². The molecule has 1 saturated heterocycles. The molecular formula is C19H27N3O2. The Morgan fingerprint density at radius 2 is 2.17 bits per heavy atom. The number of nitrogens with zero attached hydrogens (tertiary/aromatic N) is 3. The first-order valence-corrected chi connectivity index (χ1v) is 8.67. The maximum absolute atomic E-state index is 5.94. The highest BCUT2D eigenvalue weighted by Gasteiger charge is 2.22. The van der Waals surface area contributed by atoms with Crippen LogP contribution >= 0.6 is 0 Å². The Bertz CT molecular complexity index is 654. The summed E-state index contributed by atoms with van der Waals surface area (Å²) in [6.07, 6.45) is 4.32. The van der Waals surface area contributed by atoms with Gasteiger partial charge in [-0.2, -0.15) is 5.10 Å². The van der Waals surface area contributed by atoms with E-state index in [0.717, 1.165) is 38.5 Å². The molecule has 24 heavy (non-hydrogen) atoms. The van der Waals surface area contributed by atoms with Crippen molar-refractivity contribution in [1.82, 2.24) is 14.7 Å². The summed E-state index contributed by atoms with van der Waals surface area (Å²) in [5, 5.41) is 4.36. The van der Waals surface area contributed by atoms with Gasteiger partial charge in [0.1, 0.15) is 5.75 Å². The number of para-hydroxylation sites is 1. The molecule has 130 valence electrons. The van der Waals surface area contributed by atoms with E-state index >= 15 is 0 Å². The molecule has 1 aliphatic heterocycles. The van der Waals surface area contributed by atoms with E-state index in [9.17, 15) is 0 Å². The lowest BCUT2D eigenvalue weighted by molar-refractivity contribution is -0.0404. The van der Waals surface area contributed by atoms with Crippen molar-refractivity contribution in [2.75, 3.05) is 19.7 Å². The third-order valence-corrected chi connectivity index (χ3v) is 4.11. The summed E-state index contributed by atoms with van der Waals surface area (Å²) in [6.45, 7) is 10.5. The molecule has 0 spiro atoms. The van der Waals surface area contributed by atoms with Crippen LogP contribution in [0.3, 0.4) is 0 Å². The average Bonchev–Trinajstić information content (AvgIpc) is 2.94. The molecule has 2 heterocycles. The minimum absolute atomic E-state index is 0.177. The van der Waals surface area contributed by atoms with Crippen LogP contribution in [0.2, 0.25) is 0 Å². The normalized spacial score (nSPS) is 18.9. The van der Waals surface area contributed by atoms with Crippen LogP contribution in [0.15, 0.2) is 36.7 Å². The minimum Gasteiger partial charge on any atom is -0.491 e. The van der Waals surface area contributed by atoms with Crippen LogP contribution in [0.25, 0.3) is 0 Å². The quantitative estimate of drug-likeness (QED) is 0.817. The van der Waals surface area contributed by atoms with E-state index < -0.39 is 0 Å². The molecule has 0 N–H and O–H groups in total. The van der Waals surface area contributed by atoms with E-state index in [1.165, 1.54) is 11.1 Å². The monoisotopic (exact) mass is 329 g/mol. The van der Waals surface area contributed by atoms with Gasteiger partial charge in [0.15, 0.2) is 0 Å². The first kappa shape index (κ1) is 17.0. The summed E-state index contributed by atoms with van der Waals surface area (Å²) >= 11 is 0. The molecule has 1 fully saturated rings. The van der Waals surface area contributed by atoms with Gasteiger partial charge in [-0.15, -0.1) is 0 Å². The molecule has 3 rings (SSSR count). The van der Waals surface area contributed by atoms with Gasteiger partial charge in [0.25, 0.3) is 0 Å². The van der Waals surface area contributed by atoms with Crippen molar-refractivity contribution in [3.05, 3.63) is 47.8 Å². The van der Waals surface area contributed by atoms with Crippen LogP contribution in [-0.2, 0) is 17.8 Å². The summed E-state index contributed by atoms with van der Waals surface area (Å²) in [7, 11) is 0. The molecule has 0 amide bonds. The fourth-order valence-electron chi connectivity index (χ4n) is 3.05. The van der Waals surface area contributed by atoms with E-state index in [0.29, 0.717) is 0 Å². The Kier molecular flexibility index (Phi) is 5.53. The van der Waals surface area contributed by atoms with Gasteiger partial charge in [0, 0.05) is 31.4 Å². The second-order valence-corrected chi connectivity index (χ2v) is 6.74. The van der Waals surface area contributed by atoms with E-state index in [1.807, 2.05) is 16.9 Å². The molecule has 0 radical (unpaired) electrons. The number of hydrogen-bond donors (Lipinski definition) is 0. The van der Waals surface area contributed by atoms with Gasteiger partial charge in [0.2, 0.25) is 0 Å². The maximum Gasteiger partial charge on any atom is 0.124 e. The molecule has 1 aliphatic rings. The van der Waals surface area contributed by atoms with Gasteiger partial charge in [-0.05, 0) is 32.4 Å². The van der Waals surface area contributed by atoms with Gasteiger partial charge in [-0.1, -0.05) is 18.2 Å². The van der Waals surface area contributed by atoms with E-state index in [-0.39, 0.29) is 12.2 Å². The molecule has 0 unspecified atom stereocenters. The Hall–Kier alpha value is -1.85. The zero-order valence-corrected chi connectivity index (χ0v) is 14.8. The molecule has 1 aromatic heterocycles. The number of hydrogen-bond acceptors (Lipinski definition) is 4. The Morgan fingerprint density at radius 3 is 2.92 bits per heavy atom. The minimum atomic E-state index is 0.177. The van der Waals surface area contributed by atoms with Crippen molar-refractivity contribution in [1.29, 1.82) is 0 Å². The second kappa shape index (κ2) is 7.81. The molecule has 0 aliphatic carbocycles. The van der Waals surface area contributed by atoms with Crippen LogP contribution in [-0.4, -0.2) is 46.6 Å². The van der Waals surface area contributed by atoms with Gasteiger partial charge in [-0.25, -0.2) is 0 Å². The van der Waals surface area contributed by atoms with Crippen molar-refractivity contribution >= 4 is 0 Å². The lowest BCUT2D eigenvalue weighted by Crippen LogP contribution is -2.43. The van der Waals surface area contributed by atoms with Crippen molar-refractivity contribution in [3.63, 3.8) is 0 Å². The van der Waals surface area contributed by atoms with Gasteiger partial charge < -0.3 is 9.47 Å². The van der Waals surface area contributed by atoms with Crippen LogP contribution in [0.4, 0.5) is 0 Å². The number of rotatable bonds is 6. The molecule has 1 atom stereocenters. The summed E-state index contributed by atoms with van der Waals surface area (Å²) in [5.41, 5.74) is 2.42. The average molecular weight is 329 g/mol. The highest BCUT2D eigenvalue weighted by molar-refractivity contribution is 5.33. The largest absolute Gasteiger partial charge is 0.491 e. The molecular weight excluding hydrogens is 302 g/mol. The Morgan fingerprint density at radius 1 is 1.33 bits per heavy atom. The third kappa shape index (κ3) is 4.58. The number of ether oxygens (including phenoxy) is 2. The number of benzene rings is 1. The van der Waals surface area contributed by atoms with Gasteiger partial charge in [0.05, 0.1) is 31.6 Å². The molecule has 0 bridgehead atoms. The topological polar surface area (TPSA) is 39.5 Å². The standard InChI is InChI=1S/C19H27N3O2/c1-15(2)24-19-7-5-4-6-17(19)12-21-8-9-23-18(13-21)14-22-11-16(3)10-20-22/h4-7,10-11,15,18H,8-9,12-14H2,1-3H3/t18-/m1/s1. The summed E-state index contributed by atoms with van der Waals surface area (Å²) in [6, 6.07) is 8.31. The highest BCUT2D eigenvalue weighted by Crippen LogP contribution is 2.22. The van der Waals surface area contributed by atoms with E-state index in [1.54, 1.807) is 0 Å². The predicted molar refractivity (Wildman–Crippen MR) is 94.2 cm³/mol. The molecule has 5 heteroatoms. The van der Waals surface area contributed by atoms with Crippen molar-refractivity contribution < 1.29 is 9.47 Å². The third-order valence-electron chi connectivity index (χ3n) is 4.11. The summed E-state index contributed by atoms with van der Waals surface area (Å²) < 4.78 is 13.8. The number of morpholine rings is 1. The lowest BCUT2D eigenvalue weighted by Gasteiger charge is -2.33. The fraction of sp³-hybridized carbons (Fsp3) is 0.526. The van der Waals surface area contributed by atoms with Gasteiger partial charge in [-0.3, -0.25) is 9.58 Å². The zero-order valence-electron chi connectivity index (χ0n) is 14.8. The fourth-order valence-corrected chi connectivity index (χ4v) is 3.05. The first-order chi connectivity index (χ1) is 11.6. The molecule has 5 nitrogen and oxygen atoms in total. The lowest BCUT2D eigenvalue weighted by atomic mass is 10.1. The van der Waals surface area contributed by atoms with Crippen LogP contribution in [0.1, 0.15) is 25.0 Å². The summed E-state index contributed by atoms with van der Waals surface area (Å²) in [5.74, 6) is 0.984. The highest BCUT2D eigenvalue weighted by atomic mass is 16.5. The second-order valence-electron chi connectivity index (χ2n) is 6.74. The van der Waals surface area contributed by atoms with Gasteiger partial charge >= 0.3 is 0 Å². The maximum atomic E-state index is 5.94. The van der Waals surface area contributed by atoms with Crippen LogP contribution in [0, 0.1) is 6.92 Å². The Labute approximate surface area is 144 Å². The Balaban J connectivity index is 1.61. The van der Waals surface area contributed by atoms with Crippen molar-refractivity contribution in [2.24, 2.45) is 0 Å². The predicted octanol–water partition coefficient (Wildman–Crippen LogP) is 2.88. The zero-order chi connectivity index (χ0) is 16.9. The number of aryl methyl sites for hydroxylation is 1. The SMILES string of the molecule is Cc1cnn(C[C@H]2CN(Cc3ccccc3OC(C)C)CCO2)c1. The van der Waals surface area contributed by atoms with E-state index in [2.05, 4.69) is 55.2 Å². The smallest absolute Gasteiger partial charge is 0.124 e. The molecule has 2 aromatic rings. The van der Waals surface area contributed by atoms with Crippen LogP contribution in [0.5, 0.6) is 5.75 Å². The van der Waals surface area contributed by atoms with Crippen molar-refractivity contribution in [2.45, 2.75) is 46.1 Å². The number of aromatic nitrogens is 2.